The van der Waals surface area contributed by atoms with E-state index in [0.717, 1.165) is 57.4 Å². The Hall–Kier alpha value is -2.18. The van der Waals surface area contributed by atoms with Crippen LogP contribution in [0.25, 0.3) is 5.78 Å². The Morgan fingerprint density at radius 1 is 1.36 bits per heavy atom. The number of carbonyl (C=O) groups excluding carboxylic acids is 1. The summed E-state index contributed by atoms with van der Waals surface area (Å²) in [7, 11) is 0. The minimum atomic E-state index is 0.117. The third kappa shape index (κ3) is 2.96. The summed E-state index contributed by atoms with van der Waals surface area (Å²) in [6, 6.07) is 0.253. The Morgan fingerprint density at radius 3 is 2.92 bits per heavy atom. The number of carbonyl (C=O) groups is 1. The Labute approximate surface area is 147 Å². The van der Waals surface area contributed by atoms with E-state index in [9.17, 15) is 4.79 Å². The normalized spacial score (nSPS) is 19.2. The number of anilines is 1. The highest BCUT2D eigenvalue weighted by atomic mass is 16.1. The van der Waals surface area contributed by atoms with Crippen LogP contribution < -0.4 is 10.2 Å². The topological polar surface area (TPSA) is 75.4 Å². The minimum absolute atomic E-state index is 0.117. The molecular formula is C18H26N6O. The summed E-state index contributed by atoms with van der Waals surface area (Å²) >= 11 is 0. The standard InChI is InChI=1S/C18H26N6O/c1-3-12(2)21-16(25)13-7-9-23(10-8-13)17-14-5-4-6-15(14)22-18-19-11-20-24(17)18/h11-13H,3-10H2,1-2H3,(H,21,25). The van der Waals surface area contributed by atoms with Crippen LogP contribution in [-0.2, 0) is 17.6 Å². The zero-order valence-electron chi connectivity index (χ0n) is 15.0. The van der Waals surface area contributed by atoms with Gasteiger partial charge in [0.2, 0.25) is 5.91 Å². The molecule has 1 aliphatic heterocycles. The van der Waals surface area contributed by atoms with Gasteiger partial charge in [-0.05, 0) is 45.4 Å². The highest BCUT2D eigenvalue weighted by molar-refractivity contribution is 5.79. The number of nitrogens with one attached hydrogen (secondary N) is 1. The van der Waals surface area contributed by atoms with E-state index in [1.165, 1.54) is 11.3 Å². The second kappa shape index (κ2) is 6.61. The molecule has 1 saturated heterocycles. The number of fused-ring (bicyclic) bond motifs is 2. The first-order chi connectivity index (χ1) is 12.2. The summed E-state index contributed by atoms with van der Waals surface area (Å²) in [5.74, 6) is 2.16. The van der Waals surface area contributed by atoms with Gasteiger partial charge < -0.3 is 10.2 Å². The van der Waals surface area contributed by atoms with Gasteiger partial charge in [0, 0.05) is 30.6 Å². The molecule has 134 valence electrons. The van der Waals surface area contributed by atoms with Crippen molar-refractivity contribution < 1.29 is 4.79 Å². The average molecular weight is 342 g/mol. The van der Waals surface area contributed by atoms with E-state index >= 15 is 0 Å². The molecule has 2 aromatic rings. The SMILES string of the molecule is CCC(C)NC(=O)C1CCN(c2c3c(nc4ncnn24)CCC3)CC1. The molecule has 7 heteroatoms. The van der Waals surface area contributed by atoms with Crippen LogP contribution in [0.3, 0.4) is 0 Å². The highest BCUT2D eigenvalue weighted by Crippen LogP contribution is 2.32. The van der Waals surface area contributed by atoms with Gasteiger partial charge in [-0.2, -0.15) is 14.6 Å². The molecule has 0 bridgehead atoms. The van der Waals surface area contributed by atoms with Crippen LogP contribution in [0.15, 0.2) is 6.33 Å². The van der Waals surface area contributed by atoms with Crippen molar-refractivity contribution in [1.82, 2.24) is 24.9 Å². The fourth-order valence-corrected chi connectivity index (χ4v) is 3.94. The third-order valence-electron chi connectivity index (χ3n) is 5.59. The number of aryl methyl sites for hydroxylation is 1. The minimum Gasteiger partial charge on any atom is -0.356 e. The molecule has 2 aromatic heterocycles. The van der Waals surface area contributed by atoms with Crippen molar-refractivity contribution in [3.63, 3.8) is 0 Å². The van der Waals surface area contributed by atoms with Gasteiger partial charge in [0.25, 0.3) is 5.78 Å². The molecule has 0 radical (unpaired) electrons. The van der Waals surface area contributed by atoms with Gasteiger partial charge in [0.1, 0.15) is 12.1 Å². The van der Waals surface area contributed by atoms with E-state index < -0.39 is 0 Å². The number of amides is 1. The van der Waals surface area contributed by atoms with Crippen molar-refractivity contribution in [3.8, 4) is 0 Å². The second-order valence-corrected chi connectivity index (χ2v) is 7.27. The molecule has 0 saturated carbocycles. The Kier molecular flexibility index (Phi) is 4.31. The maximum absolute atomic E-state index is 12.4. The number of rotatable bonds is 4. The van der Waals surface area contributed by atoms with Gasteiger partial charge in [-0.3, -0.25) is 4.79 Å². The molecule has 1 atom stereocenters. The summed E-state index contributed by atoms with van der Waals surface area (Å²) in [4.78, 5) is 23.7. The Balaban J connectivity index is 1.53. The summed E-state index contributed by atoms with van der Waals surface area (Å²) in [6.45, 7) is 5.92. The van der Waals surface area contributed by atoms with E-state index in [0.29, 0.717) is 5.78 Å². The smallest absolute Gasteiger partial charge is 0.254 e. The third-order valence-corrected chi connectivity index (χ3v) is 5.59. The average Bonchev–Trinajstić information content (AvgIpc) is 3.28. The quantitative estimate of drug-likeness (QED) is 0.916. The highest BCUT2D eigenvalue weighted by Gasteiger charge is 2.30. The number of hydrogen-bond acceptors (Lipinski definition) is 5. The first-order valence-electron chi connectivity index (χ1n) is 9.44. The van der Waals surface area contributed by atoms with Gasteiger partial charge in [-0.1, -0.05) is 6.92 Å². The number of aromatic nitrogens is 4. The predicted molar refractivity (Wildman–Crippen MR) is 95.6 cm³/mol. The van der Waals surface area contributed by atoms with Gasteiger partial charge in [0.05, 0.1) is 5.69 Å². The predicted octanol–water partition coefficient (Wildman–Crippen LogP) is 1.74. The lowest BCUT2D eigenvalue weighted by molar-refractivity contribution is -0.126. The largest absolute Gasteiger partial charge is 0.356 e. The molecular weight excluding hydrogens is 316 g/mol. The Bertz CT molecular complexity index is 777. The van der Waals surface area contributed by atoms with Crippen molar-refractivity contribution in [2.75, 3.05) is 18.0 Å². The lowest BCUT2D eigenvalue weighted by atomic mass is 9.95. The van der Waals surface area contributed by atoms with E-state index in [1.807, 2.05) is 4.52 Å². The fraction of sp³-hybridized carbons (Fsp3) is 0.667. The second-order valence-electron chi connectivity index (χ2n) is 7.27. The van der Waals surface area contributed by atoms with E-state index in [-0.39, 0.29) is 17.9 Å². The van der Waals surface area contributed by atoms with Crippen molar-refractivity contribution in [1.29, 1.82) is 0 Å². The van der Waals surface area contributed by atoms with E-state index in [4.69, 9.17) is 0 Å². The first-order valence-corrected chi connectivity index (χ1v) is 9.44. The molecule has 1 fully saturated rings. The van der Waals surface area contributed by atoms with Crippen LogP contribution in [0, 0.1) is 5.92 Å². The summed E-state index contributed by atoms with van der Waals surface area (Å²) in [5, 5.41) is 7.52. The monoisotopic (exact) mass is 342 g/mol. The van der Waals surface area contributed by atoms with E-state index in [1.54, 1.807) is 6.33 Å². The molecule has 25 heavy (non-hydrogen) atoms. The van der Waals surface area contributed by atoms with Crippen molar-refractivity contribution in [3.05, 3.63) is 17.6 Å². The number of hydrogen-bond donors (Lipinski definition) is 1. The molecule has 4 rings (SSSR count). The van der Waals surface area contributed by atoms with Gasteiger partial charge in [-0.15, -0.1) is 0 Å². The summed E-state index contributed by atoms with van der Waals surface area (Å²) < 4.78 is 1.88. The maximum Gasteiger partial charge on any atom is 0.254 e. The lowest BCUT2D eigenvalue weighted by Gasteiger charge is -2.34. The van der Waals surface area contributed by atoms with Crippen LogP contribution in [0.4, 0.5) is 5.82 Å². The van der Waals surface area contributed by atoms with Crippen molar-refractivity contribution >= 4 is 17.5 Å². The fourth-order valence-electron chi connectivity index (χ4n) is 3.94. The Morgan fingerprint density at radius 2 is 2.16 bits per heavy atom. The molecule has 0 spiro atoms. The van der Waals surface area contributed by atoms with Crippen LogP contribution >= 0.6 is 0 Å². The van der Waals surface area contributed by atoms with Crippen LogP contribution in [0.1, 0.15) is 50.8 Å². The van der Waals surface area contributed by atoms with Crippen LogP contribution in [0.2, 0.25) is 0 Å². The zero-order chi connectivity index (χ0) is 17.4. The zero-order valence-corrected chi connectivity index (χ0v) is 15.0. The summed E-state index contributed by atoms with van der Waals surface area (Å²) in [6.07, 6.45) is 7.55. The summed E-state index contributed by atoms with van der Waals surface area (Å²) in [5.41, 5.74) is 2.49. The first kappa shape index (κ1) is 16.3. The number of piperidine rings is 1. The number of nitrogens with zero attached hydrogens (tertiary/aromatic N) is 5. The molecule has 1 amide bonds. The van der Waals surface area contributed by atoms with E-state index in [2.05, 4.69) is 39.1 Å². The molecule has 3 heterocycles. The maximum atomic E-state index is 12.4. The molecule has 1 aliphatic carbocycles. The molecule has 0 aromatic carbocycles. The van der Waals surface area contributed by atoms with Gasteiger partial charge in [0.15, 0.2) is 0 Å². The molecule has 1 unspecified atom stereocenters. The lowest BCUT2D eigenvalue weighted by Crippen LogP contribution is -2.43. The molecule has 2 aliphatic rings. The van der Waals surface area contributed by atoms with Crippen LogP contribution in [-0.4, -0.2) is 44.6 Å². The van der Waals surface area contributed by atoms with Gasteiger partial charge in [-0.25, -0.2) is 4.98 Å². The molecule has 7 nitrogen and oxygen atoms in total. The van der Waals surface area contributed by atoms with Crippen LogP contribution in [0.5, 0.6) is 0 Å². The molecule has 1 N–H and O–H groups in total. The van der Waals surface area contributed by atoms with Crippen molar-refractivity contribution in [2.45, 2.75) is 58.4 Å². The van der Waals surface area contributed by atoms with Gasteiger partial charge >= 0.3 is 0 Å². The van der Waals surface area contributed by atoms with Crippen molar-refractivity contribution in [2.24, 2.45) is 5.92 Å².